The second-order valence-electron chi connectivity index (χ2n) is 14.3. The standard InChI is InChI=1S/C38H47N7O3/c1-24(2)29-21-39-38(40-22-29)41-30-14-18-44(19-15-30)31-7-4-26(5-8-31)23-43-16-12-27(13-17-43)28-6-9-32-33(20-28)25(3)45(37(32)48)34-10-11-35(46)42-36(34)47/h4-9,20-22,24-25,27,30,34H,10-19,23H2,1-3H3,(H,39,40,41)(H,42,46,47). The molecule has 3 fully saturated rings. The molecule has 0 radical (unpaired) electrons. The van der Waals surface area contributed by atoms with E-state index in [1.807, 2.05) is 25.4 Å². The van der Waals surface area contributed by atoms with Gasteiger partial charge < -0.3 is 15.1 Å². The van der Waals surface area contributed by atoms with Crippen molar-refractivity contribution in [3.63, 3.8) is 0 Å². The summed E-state index contributed by atoms with van der Waals surface area (Å²) in [6, 6.07) is 15.0. The lowest BCUT2D eigenvalue weighted by molar-refractivity contribution is -0.137. The summed E-state index contributed by atoms with van der Waals surface area (Å²) in [4.78, 5) is 53.2. The van der Waals surface area contributed by atoms with E-state index in [9.17, 15) is 14.4 Å². The number of aromatic nitrogens is 2. The fourth-order valence-electron chi connectivity index (χ4n) is 7.87. The molecule has 0 spiro atoms. The van der Waals surface area contributed by atoms with E-state index in [4.69, 9.17) is 0 Å². The van der Waals surface area contributed by atoms with Crippen molar-refractivity contribution in [1.82, 2.24) is 25.1 Å². The van der Waals surface area contributed by atoms with Gasteiger partial charge in [-0.05, 0) is 104 Å². The number of benzene rings is 2. The van der Waals surface area contributed by atoms with Gasteiger partial charge >= 0.3 is 0 Å². The lowest BCUT2D eigenvalue weighted by atomic mass is 9.87. The number of carbonyl (C=O) groups excluding carboxylic acids is 3. The third-order valence-electron chi connectivity index (χ3n) is 10.9. The number of nitrogens with zero attached hydrogens (tertiary/aromatic N) is 5. The largest absolute Gasteiger partial charge is 0.371 e. The number of hydrogen-bond acceptors (Lipinski definition) is 8. The number of imide groups is 1. The van der Waals surface area contributed by atoms with Crippen LogP contribution in [0.5, 0.6) is 0 Å². The molecule has 10 nitrogen and oxygen atoms in total. The second kappa shape index (κ2) is 13.7. The first kappa shape index (κ1) is 32.2. The Morgan fingerprint density at radius 1 is 0.896 bits per heavy atom. The molecule has 0 bridgehead atoms. The van der Waals surface area contributed by atoms with E-state index in [2.05, 4.69) is 80.6 Å². The Labute approximate surface area is 283 Å². The molecule has 2 N–H and O–H groups in total. The van der Waals surface area contributed by atoms with Crippen LogP contribution in [-0.2, 0) is 16.1 Å². The fourth-order valence-corrected chi connectivity index (χ4v) is 7.87. The van der Waals surface area contributed by atoms with E-state index >= 15 is 0 Å². The van der Waals surface area contributed by atoms with Gasteiger partial charge in [-0.3, -0.25) is 24.6 Å². The summed E-state index contributed by atoms with van der Waals surface area (Å²) in [5.74, 6) is 0.865. The molecule has 1 aromatic heterocycles. The van der Waals surface area contributed by atoms with Crippen molar-refractivity contribution in [3.05, 3.63) is 82.7 Å². The van der Waals surface area contributed by atoms with E-state index in [1.165, 1.54) is 16.8 Å². The molecule has 3 saturated heterocycles. The number of anilines is 2. The van der Waals surface area contributed by atoms with Gasteiger partial charge in [-0.1, -0.05) is 38.1 Å². The number of amides is 3. The van der Waals surface area contributed by atoms with Crippen LogP contribution in [0.4, 0.5) is 11.6 Å². The van der Waals surface area contributed by atoms with Gasteiger partial charge in [0.2, 0.25) is 17.8 Å². The van der Waals surface area contributed by atoms with Crippen molar-refractivity contribution in [2.45, 2.75) is 95.8 Å². The summed E-state index contributed by atoms with van der Waals surface area (Å²) in [5.41, 5.74) is 6.74. The van der Waals surface area contributed by atoms with Crippen molar-refractivity contribution in [3.8, 4) is 0 Å². The molecule has 10 heteroatoms. The summed E-state index contributed by atoms with van der Waals surface area (Å²) in [6.07, 6.45) is 8.77. The Balaban J connectivity index is 0.884. The van der Waals surface area contributed by atoms with Gasteiger partial charge in [0.1, 0.15) is 6.04 Å². The molecule has 0 saturated carbocycles. The predicted octanol–water partition coefficient (Wildman–Crippen LogP) is 5.38. The smallest absolute Gasteiger partial charge is 0.255 e. The first-order chi connectivity index (χ1) is 23.2. The van der Waals surface area contributed by atoms with Crippen LogP contribution in [0.1, 0.15) is 110 Å². The Morgan fingerprint density at radius 2 is 1.60 bits per heavy atom. The molecule has 2 aromatic carbocycles. The van der Waals surface area contributed by atoms with E-state index in [-0.39, 0.29) is 30.2 Å². The second-order valence-corrected chi connectivity index (χ2v) is 14.3. The van der Waals surface area contributed by atoms with Gasteiger partial charge in [-0.15, -0.1) is 0 Å². The highest BCUT2D eigenvalue weighted by Gasteiger charge is 2.43. The minimum Gasteiger partial charge on any atom is -0.371 e. The number of nitrogens with one attached hydrogen (secondary N) is 2. The predicted molar refractivity (Wildman–Crippen MR) is 186 cm³/mol. The van der Waals surface area contributed by atoms with Crippen molar-refractivity contribution >= 4 is 29.4 Å². The molecule has 4 aliphatic rings. The normalized spacial score (nSPS) is 22.7. The Hall–Kier alpha value is -4.31. The van der Waals surface area contributed by atoms with Gasteiger partial charge in [0.15, 0.2) is 0 Å². The monoisotopic (exact) mass is 649 g/mol. The SMILES string of the molecule is CC(C)c1cnc(NC2CCN(c3ccc(CN4CCC(c5ccc6c(c5)C(C)N(C5CCC(=O)NC5=O)C6=O)CC4)cc3)CC2)nc1. The minimum atomic E-state index is -0.596. The molecule has 2 unspecified atom stereocenters. The summed E-state index contributed by atoms with van der Waals surface area (Å²) in [7, 11) is 0. The zero-order valence-electron chi connectivity index (χ0n) is 28.3. The molecule has 7 rings (SSSR count). The Kier molecular flexibility index (Phi) is 9.18. The van der Waals surface area contributed by atoms with Crippen LogP contribution in [0.25, 0.3) is 0 Å². The van der Waals surface area contributed by atoms with E-state index in [0.29, 0.717) is 29.9 Å². The maximum absolute atomic E-state index is 13.3. The van der Waals surface area contributed by atoms with Crippen LogP contribution in [0, 0.1) is 0 Å². The average Bonchev–Trinajstić information content (AvgIpc) is 3.34. The number of hydrogen-bond donors (Lipinski definition) is 2. The fraction of sp³-hybridized carbons (Fsp3) is 0.500. The zero-order valence-corrected chi connectivity index (χ0v) is 28.3. The first-order valence-electron chi connectivity index (χ1n) is 17.7. The van der Waals surface area contributed by atoms with E-state index in [0.717, 1.165) is 75.5 Å². The van der Waals surface area contributed by atoms with Crippen molar-refractivity contribution < 1.29 is 14.4 Å². The zero-order chi connectivity index (χ0) is 33.4. The highest BCUT2D eigenvalue weighted by Crippen LogP contribution is 2.39. The van der Waals surface area contributed by atoms with Crippen LogP contribution in [0.2, 0.25) is 0 Å². The van der Waals surface area contributed by atoms with E-state index in [1.54, 1.807) is 4.90 Å². The minimum absolute atomic E-state index is 0.112. The van der Waals surface area contributed by atoms with Gasteiger partial charge in [0.05, 0.1) is 6.04 Å². The van der Waals surface area contributed by atoms with Crippen molar-refractivity contribution in [2.24, 2.45) is 0 Å². The van der Waals surface area contributed by atoms with Crippen molar-refractivity contribution in [2.75, 3.05) is 36.4 Å². The summed E-state index contributed by atoms with van der Waals surface area (Å²) in [6.45, 7) is 11.3. The molecule has 0 aliphatic carbocycles. The number of likely N-dealkylation sites (tertiary alicyclic amines) is 1. The number of rotatable bonds is 8. The van der Waals surface area contributed by atoms with Gasteiger partial charge in [-0.25, -0.2) is 9.97 Å². The molecule has 2 atom stereocenters. The lowest BCUT2D eigenvalue weighted by Gasteiger charge is -2.34. The van der Waals surface area contributed by atoms with Crippen LogP contribution in [0.15, 0.2) is 54.9 Å². The molecule has 48 heavy (non-hydrogen) atoms. The van der Waals surface area contributed by atoms with Gasteiger partial charge in [-0.2, -0.15) is 0 Å². The van der Waals surface area contributed by atoms with Gasteiger partial charge in [0.25, 0.3) is 5.91 Å². The van der Waals surface area contributed by atoms with Crippen molar-refractivity contribution in [1.29, 1.82) is 0 Å². The highest BCUT2D eigenvalue weighted by atomic mass is 16.2. The number of piperidine rings is 3. The van der Waals surface area contributed by atoms with E-state index < -0.39 is 6.04 Å². The molecule has 4 aliphatic heterocycles. The lowest BCUT2D eigenvalue weighted by Crippen LogP contribution is -2.53. The molecular weight excluding hydrogens is 602 g/mol. The molecule has 3 amide bonds. The van der Waals surface area contributed by atoms with Gasteiger partial charge in [0, 0.05) is 55.7 Å². The topological polar surface area (TPSA) is 111 Å². The Morgan fingerprint density at radius 3 is 2.27 bits per heavy atom. The maximum Gasteiger partial charge on any atom is 0.255 e. The average molecular weight is 650 g/mol. The third-order valence-corrected chi connectivity index (χ3v) is 10.9. The summed E-state index contributed by atoms with van der Waals surface area (Å²) < 4.78 is 0. The Bertz CT molecular complexity index is 1640. The number of fused-ring (bicyclic) bond motifs is 1. The summed E-state index contributed by atoms with van der Waals surface area (Å²) >= 11 is 0. The third kappa shape index (κ3) is 6.67. The quantitative estimate of drug-likeness (QED) is 0.313. The first-order valence-corrected chi connectivity index (χ1v) is 17.7. The summed E-state index contributed by atoms with van der Waals surface area (Å²) in [5, 5.41) is 5.93. The highest BCUT2D eigenvalue weighted by molar-refractivity contribution is 6.05. The molecular formula is C38H47N7O3. The number of carbonyl (C=O) groups is 3. The maximum atomic E-state index is 13.3. The van der Waals surface area contributed by atoms with Crippen LogP contribution >= 0.6 is 0 Å². The van der Waals surface area contributed by atoms with Crippen LogP contribution in [0.3, 0.4) is 0 Å². The van der Waals surface area contributed by atoms with Crippen LogP contribution < -0.4 is 15.5 Å². The molecule has 252 valence electrons. The molecule has 5 heterocycles. The molecule has 3 aromatic rings. The van der Waals surface area contributed by atoms with Crippen LogP contribution in [-0.4, -0.2) is 75.8 Å².